The zero-order chi connectivity index (χ0) is 17.7. The molecular formula is C17H25ClF2N4. The number of piperazine rings is 1. The summed E-state index contributed by atoms with van der Waals surface area (Å²) in [6.45, 7) is 10.9. The molecule has 0 aromatic carbocycles. The van der Waals surface area contributed by atoms with Crippen LogP contribution in [-0.4, -0.2) is 60.1 Å². The minimum absolute atomic E-state index is 0.121. The van der Waals surface area contributed by atoms with Gasteiger partial charge in [0.05, 0.1) is 23.8 Å². The molecule has 0 radical (unpaired) electrons. The molecule has 0 N–H and O–H groups in total. The zero-order valence-electron chi connectivity index (χ0n) is 14.7. The Labute approximate surface area is 147 Å². The molecule has 2 aliphatic heterocycles. The molecule has 134 valence electrons. The van der Waals surface area contributed by atoms with Gasteiger partial charge < -0.3 is 9.80 Å². The minimum atomic E-state index is -2.61. The van der Waals surface area contributed by atoms with Gasteiger partial charge in [-0.2, -0.15) is 0 Å². The maximum Gasteiger partial charge on any atom is 0.282 e. The molecule has 3 rings (SSSR count). The minimum Gasteiger partial charge on any atom is -0.356 e. The molecule has 1 aromatic heterocycles. The molecule has 2 saturated heterocycles. The van der Waals surface area contributed by atoms with Crippen LogP contribution in [0, 0.1) is 0 Å². The number of pyridine rings is 1. The van der Waals surface area contributed by atoms with Gasteiger partial charge in [0.15, 0.2) is 5.82 Å². The first-order chi connectivity index (χ1) is 11.1. The lowest BCUT2D eigenvalue weighted by atomic mass is 10.0. The van der Waals surface area contributed by atoms with Crippen LogP contribution in [0.15, 0.2) is 12.3 Å². The normalized spacial score (nSPS) is 24.9. The van der Waals surface area contributed by atoms with E-state index >= 15 is 0 Å². The standard InChI is InChI=1S/C17H25ClF2N4/c1-12-9-23(16(2,3)4)5-6-24(12)15-14(7-13(18)8-21-15)22-10-17(19,20)11-22/h7-8,12H,5-6,9-11H2,1-4H3/t12-/m1/s1. The third kappa shape index (κ3) is 3.45. The van der Waals surface area contributed by atoms with E-state index in [0.717, 1.165) is 25.5 Å². The lowest BCUT2D eigenvalue weighted by Crippen LogP contribution is -2.59. The first kappa shape index (κ1) is 17.7. The second kappa shape index (κ2) is 5.99. The van der Waals surface area contributed by atoms with E-state index in [1.165, 1.54) is 0 Å². The number of nitrogens with zero attached hydrogens (tertiary/aromatic N) is 4. The highest BCUT2D eigenvalue weighted by Crippen LogP contribution is 2.39. The third-order valence-electron chi connectivity index (χ3n) is 4.85. The lowest BCUT2D eigenvalue weighted by Gasteiger charge is -2.48. The van der Waals surface area contributed by atoms with E-state index in [0.29, 0.717) is 10.7 Å². The number of halogens is 3. The lowest BCUT2D eigenvalue weighted by molar-refractivity contribution is -0.0262. The molecule has 0 aliphatic carbocycles. The Morgan fingerprint density at radius 1 is 1.25 bits per heavy atom. The van der Waals surface area contributed by atoms with Crippen molar-refractivity contribution in [2.24, 2.45) is 0 Å². The summed E-state index contributed by atoms with van der Waals surface area (Å²) in [5, 5.41) is 0.477. The summed E-state index contributed by atoms with van der Waals surface area (Å²) in [6.07, 6.45) is 1.60. The summed E-state index contributed by atoms with van der Waals surface area (Å²) in [4.78, 5) is 10.8. The summed E-state index contributed by atoms with van der Waals surface area (Å²) in [5.41, 5.74) is 0.834. The Morgan fingerprint density at radius 2 is 1.92 bits per heavy atom. The molecule has 0 bridgehead atoms. The van der Waals surface area contributed by atoms with Crippen molar-refractivity contribution in [3.05, 3.63) is 17.3 Å². The fraction of sp³-hybridized carbons (Fsp3) is 0.706. The van der Waals surface area contributed by atoms with Crippen molar-refractivity contribution in [1.29, 1.82) is 0 Å². The number of hydrogen-bond donors (Lipinski definition) is 0. The van der Waals surface area contributed by atoms with Crippen molar-refractivity contribution < 1.29 is 8.78 Å². The summed E-state index contributed by atoms with van der Waals surface area (Å²) in [6, 6.07) is 2.01. The van der Waals surface area contributed by atoms with Gasteiger partial charge in [0.2, 0.25) is 0 Å². The van der Waals surface area contributed by atoms with Crippen molar-refractivity contribution >= 4 is 23.1 Å². The molecule has 2 aliphatic rings. The van der Waals surface area contributed by atoms with Crippen molar-refractivity contribution in [3.63, 3.8) is 0 Å². The highest BCUT2D eigenvalue weighted by molar-refractivity contribution is 6.30. The number of rotatable bonds is 2. The molecule has 7 heteroatoms. The highest BCUT2D eigenvalue weighted by Gasteiger charge is 2.45. The fourth-order valence-corrected chi connectivity index (χ4v) is 3.59. The van der Waals surface area contributed by atoms with Crippen molar-refractivity contribution in [3.8, 4) is 0 Å². The van der Waals surface area contributed by atoms with E-state index < -0.39 is 5.92 Å². The smallest absolute Gasteiger partial charge is 0.282 e. The molecule has 0 unspecified atom stereocenters. The maximum absolute atomic E-state index is 13.3. The molecule has 4 nitrogen and oxygen atoms in total. The molecule has 3 heterocycles. The number of anilines is 2. The molecule has 0 saturated carbocycles. The van der Waals surface area contributed by atoms with Gasteiger partial charge in [-0.3, -0.25) is 4.90 Å². The van der Waals surface area contributed by atoms with E-state index in [4.69, 9.17) is 11.6 Å². The molecule has 0 amide bonds. The Kier molecular flexibility index (Phi) is 4.41. The largest absolute Gasteiger partial charge is 0.356 e. The Bertz CT molecular complexity index is 609. The van der Waals surface area contributed by atoms with Crippen LogP contribution in [0.2, 0.25) is 5.02 Å². The van der Waals surface area contributed by atoms with Gasteiger partial charge in [0, 0.05) is 37.4 Å². The Hall–Kier alpha value is -1.14. The van der Waals surface area contributed by atoms with Gasteiger partial charge in [-0.25, -0.2) is 13.8 Å². The average Bonchev–Trinajstić information content (AvgIpc) is 2.44. The van der Waals surface area contributed by atoms with Crippen LogP contribution in [0.4, 0.5) is 20.3 Å². The topological polar surface area (TPSA) is 22.6 Å². The van der Waals surface area contributed by atoms with E-state index in [1.54, 1.807) is 17.2 Å². The van der Waals surface area contributed by atoms with E-state index in [-0.39, 0.29) is 24.7 Å². The first-order valence-corrected chi connectivity index (χ1v) is 8.75. The van der Waals surface area contributed by atoms with Gasteiger partial charge in [-0.1, -0.05) is 11.6 Å². The first-order valence-electron chi connectivity index (χ1n) is 8.37. The maximum atomic E-state index is 13.3. The summed E-state index contributed by atoms with van der Waals surface area (Å²) in [7, 11) is 0. The zero-order valence-corrected chi connectivity index (χ0v) is 15.4. The van der Waals surface area contributed by atoms with E-state index in [2.05, 4.69) is 42.5 Å². The van der Waals surface area contributed by atoms with Crippen LogP contribution in [0.1, 0.15) is 27.7 Å². The van der Waals surface area contributed by atoms with Gasteiger partial charge in [0.1, 0.15) is 0 Å². The van der Waals surface area contributed by atoms with Crippen LogP contribution in [-0.2, 0) is 0 Å². The van der Waals surface area contributed by atoms with Gasteiger partial charge >= 0.3 is 0 Å². The predicted molar refractivity (Wildman–Crippen MR) is 94.5 cm³/mol. The van der Waals surface area contributed by atoms with E-state index in [9.17, 15) is 8.78 Å². The van der Waals surface area contributed by atoms with E-state index in [1.807, 2.05) is 0 Å². The molecule has 1 atom stereocenters. The number of alkyl halides is 2. The molecule has 0 spiro atoms. The van der Waals surface area contributed by atoms with Gasteiger partial charge in [0.25, 0.3) is 5.92 Å². The van der Waals surface area contributed by atoms with Gasteiger partial charge in [-0.05, 0) is 33.8 Å². The summed E-state index contributed by atoms with van der Waals surface area (Å²) < 4.78 is 26.6. The van der Waals surface area contributed by atoms with Gasteiger partial charge in [-0.15, -0.1) is 0 Å². The Morgan fingerprint density at radius 3 is 2.46 bits per heavy atom. The number of hydrogen-bond acceptors (Lipinski definition) is 4. The summed E-state index contributed by atoms with van der Waals surface area (Å²) >= 11 is 6.07. The quantitative estimate of drug-likeness (QED) is 0.807. The van der Waals surface area contributed by atoms with Crippen LogP contribution < -0.4 is 9.80 Å². The number of aromatic nitrogens is 1. The summed E-state index contributed by atoms with van der Waals surface area (Å²) in [5.74, 6) is -1.85. The molecule has 1 aromatic rings. The Balaban J connectivity index is 1.82. The van der Waals surface area contributed by atoms with Crippen LogP contribution >= 0.6 is 11.6 Å². The van der Waals surface area contributed by atoms with Crippen LogP contribution in [0.25, 0.3) is 0 Å². The van der Waals surface area contributed by atoms with Crippen molar-refractivity contribution in [1.82, 2.24) is 9.88 Å². The predicted octanol–water partition coefficient (Wildman–Crippen LogP) is 3.50. The highest BCUT2D eigenvalue weighted by atomic mass is 35.5. The fourth-order valence-electron chi connectivity index (χ4n) is 3.44. The second-order valence-corrected chi connectivity index (χ2v) is 8.30. The second-order valence-electron chi connectivity index (χ2n) is 7.87. The molecule has 24 heavy (non-hydrogen) atoms. The SMILES string of the molecule is C[C@@H]1CN(C(C)(C)C)CCN1c1ncc(Cl)cc1N1CC(F)(F)C1. The van der Waals surface area contributed by atoms with Crippen LogP contribution in [0.3, 0.4) is 0 Å². The monoisotopic (exact) mass is 358 g/mol. The molecule has 2 fully saturated rings. The average molecular weight is 359 g/mol. The third-order valence-corrected chi connectivity index (χ3v) is 5.05. The molecular weight excluding hydrogens is 334 g/mol. The van der Waals surface area contributed by atoms with Crippen LogP contribution in [0.5, 0.6) is 0 Å². The van der Waals surface area contributed by atoms with Crippen molar-refractivity contribution in [2.75, 3.05) is 42.5 Å². The van der Waals surface area contributed by atoms with Crippen molar-refractivity contribution in [2.45, 2.75) is 45.2 Å².